The van der Waals surface area contributed by atoms with Crippen LogP contribution in [-0.2, 0) is 17.8 Å². The first-order chi connectivity index (χ1) is 9.20. The molecular formula is C15H16N2O2. The van der Waals surface area contributed by atoms with Gasteiger partial charge in [0.25, 0.3) is 0 Å². The molecule has 0 aliphatic carbocycles. The molecule has 4 N–H and O–H groups in total. The highest BCUT2D eigenvalue weighted by Crippen LogP contribution is 2.24. The van der Waals surface area contributed by atoms with E-state index in [4.69, 9.17) is 5.73 Å². The number of amides is 1. The van der Waals surface area contributed by atoms with Gasteiger partial charge in [-0.05, 0) is 17.7 Å². The topological polar surface area (TPSA) is 75.4 Å². The Labute approximate surface area is 111 Å². The lowest BCUT2D eigenvalue weighted by atomic mass is 10.1. The average molecular weight is 256 g/mol. The van der Waals surface area contributed by atoms with E-state index in [1.165, 1.54) is 0 Å². The maximum Gasteiger partial charge on any atom is 0.221 e. The summed E-state index contributed by atoms with van der Waals surface area (Å²) in [5.74, 6) is -0.371. The zero-order valence-electron chi connectivity index (χ0n) is 10.5. The van der Waals surface area contributed by atoms with Gasteiger partial charge in [-0.15, -0.1) is 0 Å². The van der Waals surface area contributed by atoms with Crippen molar-refractivity contribution < 1.29 is 9.90 Å². The molecule has 19 heavy (non-hydrogen) atoms. The van der Waals surface area contributed by atoms with Crippen LogP contribution < -0.4 is 11.1 Å². The average Bonchev–Trinajstić information content (AvgIpc) is 2.41. The van der Waals surface area contributed by atoms with Crippen LogP contribution in [0.15, 0.2) is 48.5 Å². The van der Waals surface area contributed by atoms with Crippen molar-refractivity contribution in [1.29, 1.82) is 0 Å². The second kappa shape index (κ2) is 6.02. The highest BCUT2D eigenvalue weighted by atomic mass is 16.3. The first kappa shape index (κ1) is 13.1. The summed E-state index contributed by atoms with van der Waals surface area (Å²) >= 11 is 0. The van der Waals surface area contributed by atoms with E-state index in [2.05, 4.69) is 5.32 Å². The molecule has 0 aromatic heterocycles. The molecule has 0 saturated heterocycles. The Morgan fingerprint density at radius 1 is 1.00 bits per heavy atom. The van der Waals surface area contributed by atoms with Crippen molar-refractivity contribution in [3.8, 4) is 0 Å². The van der Waals surface area contributed by atoms with Crippen LogP contribution in [0, 0.1) is 0 Å². The van der Waals surface area contributed by atoms with Crippen LogP contribution >= 0.6 is 0 Å². The predicted molar refractivity (Wildman–Crippen MR) is 75.0 cm³/mol. The van der Waals surface area contributed by atoms with Crippen molar-refractivity contribution in [2.45, 2.75) is 13.0 Å². The summed E-state index contributed by atoms with van der Waals surface area (Å²) < 4.78 is 0. The molecule has 2 aromatic rings. The highest BCUT2D eigenvalue weighted by molar-refractivity contribution is 5.79. The lowest BCUT2D eigenvalue weighted by Crippen LogP contribution is -2.14. The van der Waals surface area contributed by atoms with Gasteiger partial charge in [0.2, 0.25) is 5.91 Å². The smallest absolute Gasteiger partial charge is 0.221 e. The molecule has 0 saturated carbocycles. The first-order valence-corrected chi connectivity index (χ1v) is 6.02. The highest BCUT2D eigenvalue weighted by Gasteiger charge is 2.07. The fourth-order valence-corrected chi connectivity index (χ4v) is 1.91. The Bertz CT molecular complexity index is 582. The SMILES string of the molecule is NC(=O)Cc1ccccc1Nc1ccccc1CO. The summed E-state index contributed by atoms with van der Waals surface area (Å²) in [5.41, 5.74) is 8.52. The molecule has 0 bridgehead atoms. The van der Waals surface area contributed by atoms with Gasteiger partial charge >= 0.3 is 0 Å². The number of nitrogens with two attached hydrogens (primary N) is 1. The van der Waals surface area contributed by atoms with Crippen LogP contribution in [0.2, 0.25) is 0 Å². The molecule has 98 valence electrons. The number of nitrogens with one attached hydrogen (secondary N) is 1. The normalized spacial score (nSPS) is 10.2. The number of aliphatic hydroxyl groups is 1. The minimum Gasteiger partial charge on any atom is -0.392 e. The fraction of sp³-hybridized carbons (Fsp3) is 0.133. The van der Waals surface area contributed by atoms with Gasteiger partial charge in [0.1, 0.15) is 0 Å². The largest absolute Gasteiger partial charge is 0.392 e. The summed E-state index contributed by atoms with van der Waals surface area (Å²) in [6.45, 7) is -0.0405. The summed E-state index contributed by atoms with van der Waals surface area (Å²) in [6.07, 6.45) is 0.185. The van der Waals surface area contributed by atoms with Gasteiger partial charge in [0, 0.05) is 16.9 Å². The van der Waals surface area contributed by atoms with Gasteiger partial charge in [-0.1, -0.05) is 36.4 Å². The van der Waals surface area contributed by atoms with Crippen molar-refractivity contribution in [2.24, 2.45) is 5.73 Å². The van der Waals surface area contributed by atoms with Gasteiger partial charge in [0.15, 0.2) is 0 Å². The van der Waals surface area contributed by atoms with Crippen molar-refractivity contribution in [1.82, 2.24) is 0 Å². The molecule has 0 aliphatic heterocycles. The maximum absolute atomic E-state index is 11.1. The molecule has 4 nitrogen and oxygen atoms in total. The third-order valence-electron chi connectivity index (χ3n) is 2.84. The van der Waals surface area contributed by atoms with Crippen molar-refractivity contribution in [3.63, 3.8) is 0 Å². The van der Waals surface area contributed by atoms with Crippen molar-refractivity contribution in [2.75, 3.05) is 5.32 Å². The Hall–Kier alpha value is -2.33. The second-order valence-electron chi connectivity index (χ2n) is 4.24. The summed E-state index contributed by atoms with van der Waals surface area (Å²) in [7, 11) is 0. The maximum atomic E-state index is 11.1. The zero-order valence-corrected chi connectivity index (χ0v) is 10.5. The number of aliphatic hydroxyl groups excluding tert-OH is 1. The third kappa shape index (κ3) is 3.33. The lowest BCUT2D eigenvalue weighted by molar-refractivity contribution is -0.117. The molecule has 1 amide bonds. The molecule has 2 aromatic carbocycles. The van der Waals surface area contributed by atoms with E-state index in [-0.39, 0.29) is 18.9 Å². The monoisotopic (exact) mass is 256 g/mol. The standard InChI is InChI=1S/C15H16N2O2/c16-15(19)9-11-5-1-3-7-13(11)17-14-8-4-2-6-12(14)10-18/h1-8,17-18H,9-10H2,(H2,16,19). The molecule has 0 aliphatic rings. The Morgan fingerprint density at radius 3 is 2.11 bits per heavy atom. The molecule has 0 atom stereocenters. The van der Waals surface area contributed by atoms with E-state index < -0.39 is 0 Å². The molecule has 0 fully saturated rings. The summed E-state index contributed by atoms with van der Waals surface area (Å²) in [6, 6.07) is 15.0. The number of carbonyl (C=O) groups excluding carboxylic acids is 1. The number of para-hydroxylation sites is 2. The minimum absolute atomic E-state index is 0.0405. The van der Waals surface area contributed by atoms with Crippen LogP contribution in [0.25, 0.3) is 0 Å². The number of primary amides is 1. The molecular weight excluding hydrogens is 240 g/mol. The molecule has 0 unspecified atom stereocenters. The Morgan fingerprint density at radius 2 is 1.53 bits per heavy atom. The fourth-order valence-electron chi connectivity index (χ4n) is 1.91. The number of rotatable bonds is 5. The second-order valence-corrected chi connectivity index (χ2v) is 4.24. The number of hydrogen-bond acceptors (Lipinski definition) is 3. The van der Waals surface area contributed by atoms with Gasteiger partial charge in [-0.2, -0.15) is 0 Å². The first-order valence-electron chi connectivity index (χ1n) is 6.02. The van der Waals surface area contributed by atoms with Gasteiger partial charge in [0.05, 0.1) is 13.0 Å². The molecule has 0 spiro atoms. The van der Waals surface area contributed by atoms with Crippen LogP contribution in [-0.4, -0.2) is 11.0 Å². The third-order valence-corrected chi connectivity index (χ3v) is 2.84. The predicted octanol–water partition coefficient (Wildman–Crippen LogP) is 1.95. The van der Waals surface area contributed by atoms with E-state index in [9.17, 15) is 9.90 Å². The van der Waals surface area contributed by atoms with Crippen LogP contribution in [0.3, 0.4) is 0 Å². The Balaban J connectivity index is 2.30. The van der Waals surface area contributed by atoms with Crippen molar-refractivity contribution in [3.05, 3.63) is 59.7 Å². The van der Waals surface area contributed by atoms with Gasteiger partial charge < -0.3 is 16.2 Å². The minimum atomic E-state index is -0.371. The van der Waals surface area contributed by atoms with Crippen molar-refractivity contribution >= 4 is 17.3 Å². The van der Waals surface area contributed by atoms with Crippen LogP contribution in [0.1, 0.15) is 11.1 Å². The van der Waals surface area contributed by atoms with E-state index in [0.717, 1.165) is 22.5 Å². The number of carbonyl (C=O) groups is 1. The van der Waals surface area contributed by atoms with Crippen LogP contribution in [0.4, 0.5) is 11.4 Å². The van der Waals surface area contributed by atoms with Crippen LogP contribution in [0.5, 0.6) is 0 Å². The number of benzene rings is 2. The van der Waals surface area contributed by atoms with E-state index in [1.807, 2.05) is 48.5 Å². The van der Waals surface area contributed by atoms with Gasteiger partial charge in [-0.25, -0.2) is 0 Å². The number of hydrogen-bond donors (Lipinski definition) is 3. The summed E-state index contributed by atoms with van der Waals surface area (Å²) in [5, 5.41) is 12.5. The number of anilines is 2. The molecule has 4 heteroatoms. The summed E-state index contributed by atoms with van der Waals surface area (Å²) in [4.78, 5) is 11.1. The zero-order chi connectivity index (χ0) is 13.7. The molecule has 0 radical (unpaired) electrons. The quantitative estimate of drug-likeness (QED) is 0.765. The lowest BCUT2D eigenvalue weighted by Gasteiger charge is -2.13. The van der Waals surface area contributed by atoms with E-state index in [0.29, 0.717) is 0 Å². The van der Waals surface area contributed by atoms with Gasteiger partial charge in [-0.3, -0.25) is 4.79 Å². The molecule has 2 rings (SSSR count). The van der Waals surface area contributed by atoms with E-state index in [1.54, 1.807) is 0 Å². The molecule has 0 heterocycles. The Kier molecular flexibility index (Phi) is 4.15. The van der Waals surface area contributed by atoms with E-state index >= 15 is 0 Å².